The third-order valence-corrected chi connectivity index (χ3v) is 3.70. The SMILES string of the molecule is CCCCCCCC(NC)c1ccc(OCCC)cc1. The Kier molecular flexibility index (Phi) is 9.14. The highest BCUT2D eigenvalue weighted by Crippen LogP contribution is 2.22. The van der Waals surface area contributed by atoms with Gasteiger partial charge in [-0.05, 0) is 37.6 Å². The molecule has 1 N–H and O–H groups in total. The van der Waals surface area contributed by atoms with Crippen molar-refractivity contribution in [3.8, 4) is 5.75 Å². The van der Waals surface area contributed by atoms with Crippen LogP contribution in [0.5, 0.6) is 5.75 Å². The Morgan fingerprint density at radius 1 is 0.950 bits per heavy atom. The van der Waals surface area contributed by atoms with E-state index in [1.807, 2.05) is 0 Å². The quantitative estimate of drug-likeness (QED) is 0.568. The van der Waals surface area contributed by atoms with E-state index in [1.165, 1.54) is 44.1 Å². The van der Waals surface area contributed by atoms with Gasteiger partial charge in [0.05, 0.1) is 6.61 Å². The molecule has 0 aliphatic heterocycles. The van der Waals surface area contributed by atoms with E-state index in [0.717, 1.165) is 18.8 Å². The lowest BCUT2D eigenvalue weighted by molar-refractivity contribution is 0.317. The van der Waals surface area contributed by atoms with Crippen molar-refractivity contribution in [3.63, 3.8) is 0 Å². The molecule has 1 unspecified atom stereocenters. The van der Waals surface area contributed by atoms with Crippen LogP contribution in [0.15, 0.2) is 24.3 Å². The highest BCUT2D eigenvalue weighted by molar-refractivity contribution is 5.29. The van der Waals surface area contributed by atoms with Crippen molar-refractivity contribution >= 4 is 0 Å². The van der Waals surface area contributed by atoms with Gasteiger partial charge in [-0.2, -0.15) is 0 Å². The number of rotatable bonds is 11. The van der Waals surface area contributed by atoms with Gasteiger partial charge >= 0.3 is 0 Å². The van der Waals surface area contributed by atoms with Crippen LogP contribution >= 0.6 is 0 Å². The molecule has 0 saturated heterocycles. The topological polar surface area (TPSA) is 21.3 Å². The van der Waals surface area contributed by atoms with Crippen LogP contribution < -0.4 is 10.1 Å². The van der Waals surface area contributed by atoms with Gasteiger partial charge in [0.2, 0.25) is 0 Å². The monoisotopic (exact) mass is 277 g/mol. The normalized spacial score (nSPS) is 12.3. The predicted molar refractivity (Wildman–Crippen MR) is 87.4 cm³/mol. The van der Waals surface area contributed by atoms with E-state index in [4.69, 9.17) is 4.74 Å². The molecule has 1 aromatic rings. The van der Waals surface area contributed by atoms with Gasteiger partial charge in [-0.15, -0.1) is 0 Å². The third kappa shape index (κ3) is 6.42. The van der Waals surface area contributed by atoms with Gasteiger partial charge in [-0.3, -0.25) is 0 Å². The summed E-state index contributed by atoms with van der Waals surface area (Å²) in [5.74, 6) is 0.980. The molecular weight excluding hydrogens is 246 g/mol. The predicted octanol–water partition coefficient (Wildman–Crippen LogP) is 5.10. The van der Waals surface area contributed by atoms with Crippen LogP contribution in [0.4, 0.5) is 0 Å². The second-order valence-corrected chi connectivity index (χ2v) is 5.46. The Hall–Kier alpha value is -1.02. The Morgan fingerprint density at radius 2 is 1.65 bits per heavy atom. The van der Waals surface area contributed by atoms with Gasteiger partial charge in [0.25, 0.3) is 0 Å². The molecule has 0 heterocycles. The summed E-state index contributed by atoms with van der Waals surface area (Å²) in [7, 11) is 2.05. The summed E-state index contributed by atoms with van der Waals surface area (Å²) >= 11 is 0. The molecule has 20 heavy (non-hydrogen) atoms. The van der Waals surface area contributed by atoms with E-state index in [1.54, 1.807) is 0 Å². The summed E-state index contributed by atoms with van der Waals surface area (Å²) in [6.07, 6.45) is 8.98. The maximum atomic E-state index is 5.63. The molecule has 0 fully saturated rings. The van der Waals surface area contributed by atoms with Crippen LogP contribution in [0.1, 0.15) is 70.4 Å². The number of benzene rings is 1. The third-order valence-electron chi connectivity index (χ3n) is 3.70. The van der Waals surface area contributed by atoms with Crippen LogP contribution in [0.25, 0.3) is 0 Å². The molecule has 0 radical (unpaired) electrons. The summed E-state index contributed by atoms with van der Waals surface area (Å²) in [5.41, 5.74) is 1.37. The van der Waals surface area contributed by atoms with E-state index in [9.17, 15) is 0 Å². The Labute approximate surface area is 124 Å². The number of hydrogen-bond donors (Lipinski definition) is 1. The van der Waals surface area contributed by atoms with E-state index in [-0.39, 0.29) is 0 Å². The van der Waals surface area contributed by atoms with Crippen molar-refractivity contribution in [1.82, 2.24) is 5.32 Å². The molecule has 2 nitrogen and oxygen atoms in total. The average Bonchev–Trinajstić information content (AvgIpc) is 2.49. The van der Waals surface area contributed by atoms with Crippen LogP contribution in [0.3, 0.4) is 0 Å². The summed E-state index contributed by atoms with van der Waals surface area (Å²) in [4.78, 5) is 0. The number of unbranched alkanes of at least 4 members (excludes halogenated alkanes) is 4. The average molecular weight is 277 g/mol. The van der Waals surface area contributed by atoms with Gasteiger partial charge in [0.1, 0.15) is 5.75 Å². The maximum Gasteiger partial charge on any atom is 0.119 e. The molecule has 1 rings (SSSR count). The minimum atomic E-state index is 0.469. The highest BCUT2D eigenvalue weighted by atomic mass is 16.5. The molecule has 0 bridgehead atoms. The molecule has 0 aromatic heterocycles. The largest absolute Gasteiger partial charge is 0.494 e. The number of hydrogen-bond acceptors (Lipinski definition) is 2. The zero-order valence-corrected chi connectivity index (χ0v) is 13.5. The molecular formula is C18H31NO. The first-order valence-electron chi connectivity index (χ1n) is 8.21. The van der Waals surface area contributed by atoms with E-state index in [2.05, 4.69) is 50.5 Å². The molecule has 0 aliphatic carbocycles. The number of nitrogens with one attached hydrogen (secondary N) is 1. The van der Waals surface area contributed by atoms with Crippen molar-refractivity contribution < 1.29 is 4.74 Å². The van der Waals surface area contributed by atoms with Crippen LogP contribution in [-0.2, 0) is 0 Å². The van der Waals surface area contributed by atoms with Crippen LogP contribution in [0.2, 0.25) is 0 Å². The summed E-state index contributed by atoms with van der Waals surface area (Å²) in [6, 6.07) is 9.03. The molecule has 114 valence electrons. The number of ether oxygens (including phenoxy) is 1. The molecule has 0 spiro atoms. The first kappa shape index (κ1) is 17.0. The molecule has 1 aromatic carbocycles. The molecule has 0 saturated carbocycles. The Bertz CT molecular complexity index is 334. The second kappa shape index (κ2) is 10.7. The van der Waals surface area contributed by atoms with Crippen molar-refractivity contribution in [3.05, 3.63) is 29.8 Å². The standard InChI is InChI=1S/C18H31NO/c1-4-6-7-8-9-10-18(19-3)16-11-13-17(14-12-16)20-15-5-2/h11-14,18-19H,4-10,15H2,1-3H3. The van der Waals surface area contributed by atoms with Gasteiger partial charge in [0, 0.05) is 6.04 Å². The second-order valence-electron chi connectivity index (χ2n) is 5.46. The zero-order chi connectivity index (χ0) is 14.6. The smallest absolute Gasteiger partial charge is 0.119 e. The van der Waals surface area contributed by atoms with Gasteiger partial charge in [-0.25, -0.2) is 0 Å². The van der Waals surface area contributed by atoms with Crippen LogP contribution in [-0.4, -0.2) is 13.7 Å². The fourth-order valence-electron chi connectivity index (χ4n) is 2.45. The van der Waals surface area contributed by atoms with Crippen molar-refractivity contribution in [1.29, 1.82) is 0 Å². The van der Waals surface area contributed by atoms with E-state index in [0.29, 0.717) is 6.04 Å². The summed E-state index contributed by atoms with van der Waals surface area (Å²) in [6.45, 7) is 5.19. The minimum absolute atomic E-state index is 0.469. The fraction of sp³-hybridized carbons (Fsp3) is 0.667. The lowest BCUT2D eigenvalue weighted by Gasteiger charge is -2.17. The Morgan fingerprint density at radius 3 is 2.25 bits per heavy atom. The fourth-order valence-corrected chi connectivity index (χ4v) is 2.45. The lowest BCUT2D eigenvalue weighted by Crippen LogP contribution is -2.16. The van der Waals surface area contributed by atoms with Gasteiger partial charge in [-0.1, -0.05) is 58.1 Å². The molecule has 2 heteroatoms. The van der Waals surface area contributed by atoms with Crippen LogP contribution in [0, 0.1) is 0 Å². The first-order valence-corrected chi connectivity index (χ1v) is 8.21. The summed E-state index contributed by atoms with van der Waals surface area (Å²) in [5, 5.41) is 3.43. The van der Waals surface area contributed by atoms with Crippen molar-refractivity contribution in [2.75, 3.05) is 13.7 Å². The van der Waals surface area contributed by atoms with E-state index >= 15 is 0 Å². The molecule has 0 aliphatic rings. The van der Waals surface area contributed by atoms with Crippen molar-refractivity contribution in [2.45, 2.75) is 64.8 Å². The first-order chi connectivity index (χ1) is 9.81. The Balaban J connectivity index is 2.40. The minimum Gasteiger partial charge on any atom is -0.494 e. The van der Waals surface area contributed by atoms with Crippen molar-refractivity contribution in [2.24, 2.45) is 0 Å². The maximum absolute atomic E-state index is 5.63. The van der Waals surface area contributed by atoms with Gasteiger partial charge < -0.3 is 10.1 Å². The lowest BCUT2D eigenvalue weighted by atomic mass is 10.00. The zero-order valence-electron chi connectivity index (χ0n) is 13.5. The van der Waals surface area contributed by atoms with E-state index < -0.39 is 0 Å². The molecule has 1 atom stereocenters. The summed E-state index contributed by atoms with van der Waals surface area (Å²) < 4.78 is 5.63. The van der Waals surface area contributed by atoms with Gasteiger partial charge in [0.15, 0.2) is 0 Å². The highest BCUT2D eigenvalue weighted by Gasteiger charge is 2.08. The molecule has 0 amide bonds.